The molecule has 10 heteroatoms. The zero-order valence-corrected chi connectivity index (χ0v) is 18.4. The number of ether oxygens (including phenoxy) is 3. The highest BCUT2D eigenvalue weighted by atomic mass is 16.6. The van der Waals surface area contributed by atoms with Gasteiger partial charge >= 0.3 is 5.97 Å². The van der Waals surface area contributed by atoms with Gasteiger partial charge in [0, 0.05) is 12.1 Å². The van der Waals surface area contributed by atoms with Crippen molar-refractivity contribution in [2.75, 3.05) is 27.9 Å². The lowest BCUT2D eigenvalue weighted by molar-refractivity contribution is -0.385. The number of hydrogen-bond donors (Lipinski definition) is 1. The Labute approximate surface area is 190 Å². The van der Waals surface area contributed by atoms with E-state index in [9.17, 15) is 24.8 Å². The number of nitro benzene ring substituents is 1. The number of likely N-dealkylation sites (tertiary alicyclic amines) is 1. The van der Waals surface area contributed by atoms with Gasteiger partial charge in [-0.1, -0.05) is 12.1 Å². The minimum atomic E-state index is -1.09. The summed E-state index contributed by atoms with van der Waals surface area (Å²) in [4.78, 5) is 37.6. The largest absolute Gasteiger partial charge is 0.497 e. The molecule has 1 N–H and O–H groups in total. The van der Waals surface area contributed by atoms with Gasteiger partial charge in [0.25, 0.3) is 11.6 Å². The van der Waals surface area contributed by atoms with Gasteiger partial charge in [-0.3, -0.25) is 14.9 Å². The summed E-state index contributed by atoms with van der Waals surface area (Å²) in [5, 5.41) is 21.3. The zero-order valence-electron chi connectivity index (χ0n) is 18.4. The molecule has 2 aromatic rings. The molecule has 0 spiro atoms. The van der Waals surface area contributed by atoms with Gasteiger partial charge in [0.2, 0.25) is 0 Å². The Bertz CT molecular complexity index is 1090. The van der Waals surface area contributed by atoms with Crippen molar-refractivity contribution in [3.63, 3.8) is 0 Å². The first kappa shape index (κ1) is 23.6. The molecule has 3 rings (SSSR count). The van der Waals surface area contributed by atoms with Crippen LogP contribution in [0.5, 0.6) is 17.2 Å². The molecular formula is C23H24N2O8. The Morgan fingerprint density at radius 3 is 2.27 bits per heavy atom. The summed E-state index contributed by atoms with van der Waals surface area (Å²) in [7, 11) is 4.27. The van der Waals surface area contributed by atoms with Crippen LogP contribution >= 0.6 is 0 Å². The lowest BCUT2D eigenvalue weighted by Crippen LogP contribution is -2.40. The van der Waals surface area contributed by atoms with Gasteiger partial charge in [-0.25, -0.2) is 4.79 Å². The minimum Gasteiger partial charge on any atom is -0.497 e. The normalized spacial score (nSPS) is 15.8. The van der Waals surface area contributed by atoms with Crippen LogP contribution in [0.1, 0.15) is 24.0 Å². The third-order valence-electron chi connectivity index (χ3n) is 5.46. The average molecular weight is 456 g/mol. The first-order chi connectivity index (χ1) is 15.8. The van der Waals surface area contributed by atoms with Crippen molar-refractivity contribution in [1.29, 1.82) is 0 Å². The molecule has 10 nitrogen and oxygen atoms in total. The van der Waals surface area contributed by atoms with E-state index in [2.05, 4.69) is 0 Å². The van der Waals surface area contributed by atoms with E-state index in [0.717, 1.165) is 0 Å². The van der Waals surface area contributed by atoms with E-state index in [1.807, 2.05) is 0 Å². The first-order valence-electron chi connectivity index (χ1n) is 10.1. The van der Waals surface area contributed by atoms with Gasteiger partial charge in [-0.15, -0.1) is 0 Å². The zero-order chi connectivity index (χ0) is 24.1. The molecule has 1 aliphatic rings. The number of nitrogens with zero attached hydrogens (tertiary/aromatic N) is 2. The van der Waals surface area contributed by atoms with Crippen LogP contribution in [0.3, 0.4) is 0 Å². The number of nitro groups is 1. The molecule has 1 fully saturated rings. The van der Waals surface area contributed by atoms with Crippen molar-refractivity contribution in [3.05, 3.63) is 57.6 Å². The van der Waals surface area contributed by atoms with Crippen LogP contribution in [-0.4, -0.2) is 60.7 Å². The van der Waals surface area contributed by atoms with Gasteiger partial charge in [0.05, 0.1) is 37.9 Å². The maximum atomic E-state index is 13.5. The van der Waals surface area contributed by atoms with Crippen molar-refractivity contribution in [2.24, 2.45) is 0 Å². The second kappa shape index (κ2) is 10.0. The van der Waals surface area contributed by atoms with Crippen molar-refractivity contribution < 1.29 is 33.8 Å². The van der Waals surface area contributed by atoms with Crippen molar-refractivity contribution in [3.8, 4) is 17.2 Å². The molecule has 0 radical (unpaired) electrons. The number of carbonyl (C=O) groups is 2. The Kier molecular flexibility index (Phi) is 7.17. The summed E-state index contributed by atoms with van der Waals surface area (Å²) >= 11 is 0. The molecule has 1 heterocycles. The molecule has 0 aliphatic carbocycles. The number of carbonyl (C=O) groups excluding carboxylic acids is 1. The van der Waals surface area contributed by atoms with Gasteiger partial charge in [0.15, 0.2) is 11.5 Å². The van der Waals surface area contributed by atoms with E-state index < -0.39 is 22.8 Å². The number of methoxy groups -OCH3 is 3. The summed E-state index contributed by atoms with van der Waals surface area (Å²) in [6.07, 6.45) is 2.27. The van der Waals surface area contributed by atoms with Crippen LogP contribution in [0.25, 0.3) is 11.6 Å². The molecule has 33 heavy (non-hydrogen) atoms. The Morgan fingerprint density at radius 2 is 1.73 bits per heavy atom. The SMILES string of the molecule is COc1ccc(C(=Cc2cc(OC)c(OC)cc2[N+](=O)[O-])C(=O)N2CCC[C@H]2C(=O)O)cc1. The van der Waals surface area contributed by atoms with E-state index in [1.54, 1.807) is 24.3 Å². The maximum Gasteiger partial charge on any atom is 0.326 e. The molecular weight excluding hydrogens is 432 g/mol. The highest BCUT2D eigenvalue weighted by Gasteiger charge is 2.36. The van der Waals surface area contributed by atoms with Crippen LogP contribution in [-0.2, 0) is 9.59 Å². The Morgan fingerprint density at radius 1 is 1.09 bits per heavy atom. The Hall–Kier alpha value is -4.08. The summed E-state index contributed by atoms with van der Waals surface area (Å²) in [6.45, 7) is 0.275. The second-order valence-electron chi connectivity index (χ2n) is 7.30. The lowest BCUT2D eigenvalue weighted by atomic mass is 9.99. The number of aliphatic carboxylic acids is 1. The molecule has 1 saturated heterocycles. The summed E-state index contributed by atoms with van der Waals surface area (Å²) in [5.74, 6) is -0.641. The van der Waals surface area contributed by atoms with Crippen LogP contribution in [0, 0.1) is 10.1 Å². The van der Waals surface area contributed by atoms with Crippen molar-refractivity contribution in [1.82, 2.24) is 4.90 Å². The monoisotopic (exact) mass is 456 g/mol. The highest BCUT2D eigenvalue weighted by Crippen LogP contribution is 2.37. The molecule has 0 aromatic heterocycles. The van der Waals surface area contributed by atoms with Crippen LogP contribution in [0.2, 0.25) is 0 Å². The number of benzene rings is 2. The van der Waals surface area contributed by atoms with Gasteiger partial charge in [-0.05, 0) is 42.7 Å². The lowest BCUT2D eigenvalue weighted by Gasteiger charge is -2.23. The Balaban J connectivity index is 2.20. The van der Waals surface area contributed by atoms with Crippen LogP contribution in [0.15, 0.2) is 36.4 Å². The van der Waals surface area contributed by atoms with Gasteiger partial charge in [-0.2, -0.15) is 0 Å². The molecule has 174 valence electrons. The van der Waals surface area contributed by atoms with Crippen LogP contribution in [0.4, 0.5) is 5.69 Å². The smallest absolute Gasteiger partial charge is 0.326 e. The summed E-state index contributed by atoms with van der Waals surface area (Å²) in [6, 6.07) is 8.25. The first-order valence-corrected chi connectivity index (χ1v) is 10.1. The van der Waals surface area contributed by atoms with E-state index in [-0.39, 0.29) is 34.9 Å². The topological polar surface area (TPSA) is 128 Å². The molecule has 1 aliphatic heterocycles. The van der Waals surface area contributed by atoms with Crippen LogP contribution < -0.4 is 14.2 Å². The second-order valence-corrected chi connectivity index (χ2v) is 7.30. The fourth-order valence-electron chi connectivity index (χ4n) is 3.77. The van der Waals surface area contributed by atoms with Gasteiger partial charge in [0.1, 0.15) is 11.8 Å². The summed E-state index contributed by atoms with van der Waals surface area (Å²) in [5.41, 5.74) is 0.396. The van der Waals surface area contributed by atoms with E-state index in [1.165, 1.54) is 44.4 Å². The fourth-order valence-corrected chi connectivity index (χ4v) is 3.77. The predicted octanol–water partition coefficient (Wildman–Crippen LogP) is 3.24. The van der Waals surface area contributed by atoms with Crippen molar-refractivity contribution in [2.45, 2.75) is 18.9 Å². The van der Waals surface area contributed by atoms with Crippen molar-refractivity contribution >= 4 is 29.2 Å². The fraction of sp³-hybridized carbons (Fsp3) is 0.304. The number of carboxylic acid groups (broad SMARTS) is 1. The average Bonchev–Trinajstić information content (AvgIpc) is 3.32. The quantitative estimate of drug-likeness (QED) is 0.277. The maximum absolute atomic E-state index is 13.5. The minimum absolute atomic E-state index is 0.112. The standard InChI is InChI=1S/C23H24N2O8/c1-31-16-8-6-14(7-9-16)17(22(26)24-10-4-5-18(24)23(27)28)11-15-12-20(32-2)21(33-3)13-19(15)25(29)30/h6-9,11-13,18H,4-5,10H2,1-3H3,(H,27,28)/t18-/m0/s1. The molecule has 0 unspecified atom stereocenters. The highest BCUT2D eigenvalue weighted by molar-refractivity contribution is 6.25. The number of carboxylic acids is 1. The number of hydrogen-bond acceptors (Lipinski definition) is 7. The number of amides is 1. The molecule has 1 atom stereocenters. The predicted molar refractivity (Wildman–Crippen MR) is 119 cm³/mol. The van der Waals surface area contributed by atoms with Gasteiger partial charge < -0.3 is 24.2 Å². The van der Waals surface area contributed by atoms with E-state index in [4.69, 9.17) is 14.2 Å². The van der Waals surface area contributed by atoms with E-state index >= 15 is 0 Å². The molecule has 0 bridgehead atoms. The molecule has 0 saturated carbocycles. The third kappa shape index (κ3) is 4.89. The third-order valence-corrected chi connectivity index (χ3v) is 5.46. The van der Waals surface area contributed by atoms with E-state index in [0.29, 0.717) is 24.2 Å². The molecule has 2 aromatic carbocycles. The number of rotatable bonds is 8. The molecule has 1 amide bonds. The summed E-state index contributed by atoms with van der Waals surface area (Å²) < 4.78 is 15.6.